The highest BCUT2D eigenvalue weighted by Crippen LogP contribution is 2.44. The molecule has 6 rings (SSSR count). The zero-order valence-electron chi connectivity index (χ0n) is 22.7. The van der Waals surface area contributed by atoms with Crippen molar-refractivity contribution in [1.29, 1.82) is 0 Å². The van der Waals surface area contributed by atoms with Crippen LogP contribution in [0.25, 0.3) is 6.08 Å². The van der Waals surface area contributed by atoms with Crippen LogP contribution in [0.15, 0.2) is 76.7 Å². The highest BCUT2D eigenvalue weighted by Gasteiger charge is 2.44. The average Bonchev–Trinajstić information content (AvgIpc) is 3.78. The number of carbonyl (C=O) groups is 3. The number of carbonyl (C=O) groups excluding carboxylic acids is 3. The molecule has 7 nitrogen and oxygen atoms in total. The molecule has 0 N–H and O–H groups in total. The molecule has 2 fully saturated rings. The van der Waals surface area contributed by atoms with Gasteiger partial charge in [-0.1, -0.05) is 30.3 Å². The Morgan fingerprint density at radius 1 is 0.976 bits per heavy atom. The molecule has 1 aliphatic carbocycles. The van der Waals surface area contributed by atoms with Gasteiger partial charge in [-0.15, -0.1) is 11.3 Å². The summed E-state index contributed by atoms with van der Waals surface area (Å²) in [5, 5.41) is 7.91. The molecule has 0 bridgehead atoms. The quantitative estimate of drug-likeness (QED) is 0.331. The van der Waals surface area contributed by atoms with Crippen LogP contribution in [0, 0.1) is 17.6 Å². The fraction of sp³-hybridized carbons (Fsp3) is 0.312. The van der Waals surface area contributed by atoms with Crippen LogP contribution in [0.2, 0.25) is 0 Å². The lowest BCUT2D eigenvalue weighted by Crippen LogP contribution is -2.42. The normalized spacial score (nSPS) is 22.7. The largest absolute Gasteiger partial charge is 0.454 e. The predicted octanol–water partition coefficient (Wildman–Crippen LogP) is 6.00. The zero-order valence-corrected chi connectivity index (χ0v) is 23.6. The van der Waals surface area contributed by atoms with E-state index in [0.717, 1.165) is 41.7 Å². The smallest absolute Gasteiger partial charge is 0.329 e. The Bertz CT molecular complexity index is 1540. The lowest BCUT2D eigenvalue weighted by molar-refractivity contribution is -0.156. The van der Waals surface area contributed by atoms with Gasteiger partial charge in [0.15, 0.2) is 6.61 Å². The van der Waals surface area contributed by atoms with E-state index < -0.39 is 30.6 Å². The van der Waals surface area contributed by atoms with Crippen LogP contribution in [0.3, 0.4) is 0 Å². The number of hydrogen-bond acceptors (Lipinski definition) is 6. The van der Waals surface area contributed by atoms with Crippen molar-refractivity contribution >= 4 is 40.9 Å². The van der Waals surface area contributed by atoms with Gasteiger partial charge in [-0.05, 0) is 90.6 Å². The van der Waals surface area contributed by atoms with E-state index in [4.69, 9.17) is 9.84 Å². The third-order valence-electron chi connectivity index (χ3n) is 8.04. The van der Waals surface area contributed by atoms with Gasteiger partial charge in [0, 0.05) is 12.5 Å². The van der Waals surface area contributed by atoms with Crippen LogP contribution >= 0.6 is 11.3 Å². The van der Waals surface area contributed by atoms with Crippen molar-refractivity contribution in [3.8, 4) is 0 Å². The summed E-state index contributed by atoms with van der Waals surface area (Å²) < 4.78 is 32.8. The number of hydrazone groups is 1. The number of fused-ring (bicyclic) bond motifs is 1. The Kier molecular flexibility index (Phi) is 7.97. The van der Waals surface area contributed by atoms with Crippen molar-refractivity contribution < 1.29 is 27.9 Å². The average molecular weight is 590 g/mol. The summed E-state index contributed by atoms with van der Waals surface area (Å²) in [6, 6.07) is 14.4. The van der Waals surface area contributed by atoms with E-state index in [1.807, 2.05) is 11.5 Å². The molecule has 216 valence electrons. The molecule has 2 aromatic carbocycles. The maximum absolute atomic E-state index is 13.8. The zero-order chi connectivity index (χ0) is 29.2. The predicted molar refractivity (Wildman–Crippen MR) is 154 cm³/mol. The molecular formula is C32H29F2N3O4S. The molecule has 1 saturated carbocycles. The van der Waals surface area contributed by atoms with Gasteiger partial charge < -0.3 is 9.64 Å². The second-order valence-electron chi connectivity index (χ2n) is 10.7. The first-order valence-corrected chi connectivity index (χ1v) is 14.9. The minimum atomic E-state index is -0.752. The van der Waals surface area contributed by atoms with E-state index in [1.54, 1.807) is 36.4 Å². The fourth-order valence-electron chi connectivity index (χ4n) is 6.05. The van der Waals surface area contributed by atoms with E-state index in [0.29, 0.717) is 24.3 Å². The number of benzene rings is 2. The maximum Gasteiger partial charge on any atom is 0.329 e. The third-order valence-corrected chi connectivity index (χ3v) is 8.89. The van der Waals surface area contributed by atoms with Gasteiger partial charge in [0.1, 0.15) is 17.7 Å². The van der Waals surface area contributed by atoms with Gasteiger partial charge in [-0.25, -0.2) is 18.6 Å². The van der Waals surface area contributed by atoms with E-state index in [1.165, 1.54) is 45.5 Å². The minimum Gasteiger partial charge on any atom is -0.454 e. The monoisotopic (exact) mass is 589 g/mol. The summed E-state index contributed by atoms with van der Waals surface area (Å²) >= 11 is 1.31. The van der Waals surface area contributed by atoms with Gasteiger partial charge in [-0.2, -0.15) is 5.10 Å². The summed E-state index contributed by atoms with van der Waals surface area (Å²) in [6.07, 6.45) is 5.47. The van der Waals surface area contributed by atoms with E-state index in [2.05, 4.69) is 0 Å². The second-order valence-corrected chi connectivity index (χ2v) is 11.6. The Balaban J connectivity index is 1.22. The molecule has 3 atom stereocenters. The van der Waals surface area contributed by atoms with E-state index >= 15 is 0 Å². The number of amides is 2. The number of halogens is 2. The first-order chi connectivity index (χ1) is 20.4. The van der Waals surface area contributed by atoms with Crippen LogP contribution in [0.1, 0.15) is 58.9 Å². The van der Waals surface area contributed by atoms with Crippen LogP contribution in [0.4, 0.5) is 8.78 Å². The molecule has 1 aromatic heterocycles. The number of thiophene rings is 1. The number of ether oxygens (including phenoxy) is 1. The highest BCUT2D eigenvalue weighted by atomic mass is 32.1. The molecular weight excluding hydrogens is 560 g/mol. The topological polar surface area (TPSA) is 79.3 Å². The fourth-order valence-corrected chi connectivity index (χ4v) is 6.73. The number of likely N-dealkylation sites (tertiary alicyclic amines) is 1. The van der Waals surface area contributed by atoms with Gasteiger partial charge in [0.25, 0.3) is 11.8 Å². The number of hydrogen-bond donors (Lipinski definition) is 0. The molecule has 10 heteroatoms. The SMILES string of the molecule is O=C(OCC(=O)N1N=C2C(=Cc3ccc(F)cc3)CCCC2C1c1ccc(F)cc1)C1CCCN1C(=O)c1cccs1. The number of rotatable bonds is 6. The first kappa shape index (κ1) is 28.0. The molecule has 42 heavy (non-hydrogen) atoms. The number of allylic oxidation sites excluding steroid dienone is 1. The van der Waals surface area contributed by atoms with E-state index in [-0.39, 0.29) is 23.5 Å². The highest BCUT2D eigenvalue weighted by molar-refractivity contribution is 7.12. The summed E-state index contributed by atoms with van der Waals surface area (Å²) in [4.78, 5) is 41.6. The molecule has 2 aliphatic heterocycles. The molecule has 3 unspecified atom stereocenters. The Morgan fingerprint density at radius 3 is 2.43 bits per heavy atom. The van der Waals surface area contributed by atoms with Gasteiger partial charge in [0.2, 0.25) is 0 Å². The van der Waals surface area contributed by atoms with Crippen molar-refractivity contribution in [3.05, 3.63) is 99.3 Å². The third kappa shape index (κ3) is 5.63. The number of esters is 1. The summed E-state index contributed by atoms with van der Waals surface area (Å²) in [7, 11) is 0. The number of nitrogens with zero attached hydrogens (tertiary/aromatic N) is 3. The van der Waals surface area contributed by atoms with Gasteiger partial charge in [-0.3, -0.25) is 9.59 Å². The minimum absolute atomic E-state index is 0.135. The molecule has 3 heterocycles. The van der Waals surface area contributed by atoms with Crippen molar-refractivity contribution in [2.24, 2.45) is 11.0 Å². The second kappa shape index (κ2) is 12.0. The first-order valence-electron chi connectivity index (χ1n) is 14.0. The molecule has 0 radical (unpaired) electrons. The van der Waals surface area contributed by atoms with Gasteiger partial charge >= 0.3 is 5.97 Å². The standard InChI is InChI=1S/C32H29F2N3O4S/c33-23-12-8-20(9-13-23)18-22-4-1-5-25-29(22)35-37(30(25)21-10-14-24(34)15-11-21)28(38)19-41-32(40)26-6-2-16-36(26)31(39)27-7-3-17-42-27/h3,7-15,17-18,25-26,30H,1-2,4-6,16,19H2. The Morgan fingerprint density at radius 2 is 1.71 bits per heavy atom. The van der Waals surface area contributed by atoms with E-state index in [9.17, 15) is 23.2 Å². The Labute approximate surface area is 246 Å². The van der Waals surface area contributed by atoms with Crippen molar-refractivity contribution in [3.63, 3.8) is 0 Å². The molecule has 0 spiro atoms. The summed E-state index contributed by atoms with van der Waals surface area (Å²) in [5.74, 6) is -2.19. The van der Waals surface area contributed by atoms with Crippen molar-refractivity contribution in [2.75, 3.05) is 13.2 Å². The summed E-state index contributed by atoms with van der Waals surface area (Å²) in [6.45, 7) is -0.0870. The maximum atomic E-state index is 13.8. The lowest BCUT2D eigenvalue weighted by atomic mass is 9.77. The van der Waals surface area contributed by atoms with Gasteiger partial charge in [0.05, 0.1) is 16.6 Å². The van der Waals surface area contributed by atoms with Crippen LogP contribution in [-0.4, -0.2) is 52.6 Å². The van der Waals surface area contributed by atoms with Crippen LogP contribution in [-0.2, 0) is 14.3 Å². The lowest BCUT2D eigenvalue weighted by Gasteiger charge is -2.29. The van der Waals surface area contributed by atoms with Crippen molar-refractivity contribution in [2.45, 2.75) is 44.2 Å². The molecule has 1 saturated heterocycles. The molecule has 2 amide bonds. The van der Waals surface area contributed by atoms with Crippen molar-refractivity contribution in [1.82, 2.24) is 9.91 Å². The van der Waals surface area contributed by atoms with Crippen LogP contribution < -0.4 is 0 Å². The molecule has 3 aromatic rings. The van der Waals surface area contributed by atoms with Crippen LogP contribution in [0.5, 0.6) is 0 Å². The Hall–Kier alpha value is -4.18. The summed E-state index contributed by atoms with van der Waals surface area (Å²) in [5.41, 5.74) is 3.26. The molecule has 3 aliphatic rings.